The fourth-order valence-electron chi connectivity index (χ4n) is 1.74. The van der Waals surface area contributed by atoms with Crippen LogP contribution in [0.2, 0.25) is 10.0 Å². The Bertz CT molecular complexity index is 622. The summed E-state index contributed by atoms with van der Waals surface area (Å²) in [5.74, 6) is 0.514. The molecule has 0 aliphatic carbocycles. The van der Waals surface area contributed by atoms with Crippen molar-refractivity contribution >= 4 is 36.5 Å². The molecule has 25 heavy (non-hydrogen) atoms. The van der Waals surface area contributed by atoms with Crippen LogP contribution in [0.5, 0.6) is 11.5 Å². The highest BCUT2D eigenvalue weighted by molar-refractivity contribution is 6.38. The monoisotopic (exact) mass is 383 g/mol. The van der Waals surface area contributed by atoms with Crippen LogP contribution in [0, 0.1) is 0 Å². The van der Waals surface area contributed by atoms with Gasteiger partial charge >= 0.3 is 13.3 Å². The van der Waals surface area contributed by atoms with Crippen LogP contribution < -0.4 is 15.0 Å². The summed E-state index contributed by atoms with van der Waals surface area (Å²) in [5, 5.41) is 1.15. The molecule has 0 aliphatic rings. The highest BCUT2D eigenvalue weighted by Crippen LogP contribution is 2.20. The number of nitrogens with two attached hydrogens (primary N) is 1. The molecule has 2 N–H and O–H groups in total. The summed E-state index contributed by atoms with van der Waals surface area (Å²) in [7, 11) is -1.08. The Morgan fingerprint density at radius 3 is 1.84 bits per heavy atom. The van der Waals surface area contributed by atoms with E-state index < -0.39 is 13.3 Å². The first-order chi connectivity index (χ1) is 12.1. The molecule has 0 saturated heterocycles. The van der Waals surface area contributed by atoms with Crippen molar-refractivity contribution in [3.05, 3.63) is 58.6 Å². The van der Waals surface area contributed by atoms with Crippen molar-refractivity contribution in [2.24, 2.45) is 5.73 Å². The number of benzene rings is 2. The molecule has 0 unspecified atom stereocenters. The van der Waals surface area contributed by atoms with Crippen molar-refractivity contribution in [2.75, 3.05) is 13.3 Å². The van der Waals surface area contributed by atoms with Crippen LogP contribution in [0.4, 0.5) is 0 Å². The van der Waals surface area contributed by atoms with Gasteiger partial charge in [-0.25, -0.2) is 0 Å². The van der Waals surface area contributed by atoms with E-state index >= 15 is 0 Å². The van der Waals surface area contributed by atoms with E-state index in [1.54, 1.807) is 48.5 Å². The molecule has 0 radical (unpaired) electrons. The van der Waals surface area contributed by atoms with Gasteiger partial charge in [-0.15, -0.1) is 0 Å². The molecule has 0 heterocycles. The van der Waals surface area contributed by atoms with Gasteiger partial charge in [-0.05, 0) is 48.5 Å². The Morgan fingerprint density at radius 1 is 0.920 bits per heavy atom. The second-order valence-electron chi connectivity index (χ2n) is 4.74. The quantitative estimate of drug-likeness (QED) is 0.406. The average Bonchev–Trinajstić information content (AvgIpc) is 2.59. The van der Waals surface area contributed by atoms with Gasteiger partial charge in [-0.2, -0.15) is 0 Å². The fraction of sp³-hybridized carbons (Fsp3) is 0.188. The summed E-state index contributed by atoms with van der Waals surface area (Å²) in [6, 6.07) is 13.4. The maximum absolute atomic E-state index is 11.3. The summed E-state index contributed by atoms with van der Waals surface area (Å²) in [5.41, 5.74) is 5.13. The molecule has 2 rings (SSSR count). The second kappa shape index (κ2) is 10.2. The zero-order valence-electron chi connectivity index (χ0n) is 13.2. The molecule has 0 bridgehead atoms. The van der Waals surface area contributed by atoms with E-state index in [0.717, 1.165) is 0 Å². The molecule has 2 aromatic carbocycles. The van der Waals surface area contributed by atoms with Gasteiger partial charge in [-0.1, -0.05) is 23.2 Å². The summed E-state index contributed by atoms with van der Waals surface area (Å²) in [4.78, 5) is 11.3. The third kappa shape index (κ3) is 7.23. The van der Waals surface area contributed by atoms with Crippen LogP contribution in [0.1, 0.15) is 6.42 Å². The van der Waals surface area contributed by atoms with Gasteiger partial charge in [0.25, 0.3) is 0 Å². The summed E-state index contributed by atoms with van der Waals surface area (Å²) in [6.07, 6.45) is 0.0155. The molecule has 9 heteroatoms. The minimum Gasteiger partial charge on any atom is -0.501 e. The Labute approximate surface area is 155 Å². The van der Waals surface area contributed by atoms with Crippen LogP contribution in [0.25, 0.3) is 0 Å². The van der Waals surface area contributed by atoms with E-state index in [4.69, 9.17) is 42.9 Å². The van der Waals surface area contributed by atoms with Crippen molar-refractivity contribution in [1.29, 1.82) is 0 Å². The Hall–Kier alpha value is -1.93. The van der Waals surface area contributed by atoms with Crippen LogP contribution >= 0.6 is 23.2 Å². The Morgan fingerprint density at radius 2 is 1.40 bits per heavy atom. The van der Waals surface area contributed by atoms with E-state index in [0.29, 0.717) is 21.5 Å². The highest BCUT2D eigenvalue weighted by atomic mass is 35.5. The molecule has 6 nitrogen and oxygen atoms in total. The number of halogens is 2. The Kier molecular flexibility index (Phi) is 7.88. The number of rotatable bonds is 9. The van der Waals surface area contributed by atoms with Gasteiger partial charge in [0.05, 0.1) is 6.42 Å². The highest BCUT2D eigenvalue weighted by Gasteiger charge is 2.27. The third-order valence-electron chi connectivity index (χ3n) is 2.90. The van der Waals surface area contributed by atoms with Crippen molar-refractivity contribution in [3.63, 3.8) is 0 Å². The lowest BCUT2D eigenvalue weighted by Crippen LogP contribution is -2.34. The molecule has 2 aromatic rings. The topological polar surface area (TPSA) is 80.0 Å². The molecule has 0 aromatic heterocycles. The zero-order chi connectivity index (χ0) is 18.1. The number of esters is 1. The number of hydrogen-bond donors (Lipinski definition) is 1. The van der Waals surface area contributed by atoms with Gasteiger partial charge in [0.2, 0.25) is 0 Å². The van der Waals surface area contributed by atoms with Crippen molar-refractivity contribution in [1.82, 2.24) is 0 Å². The molecule has 0 spiro atoms. The lowest BCUT2D eigenvalue weighted by Gasteiger charge is -2.16. The van der Waals surface area contributed by atoms with Crippen molar-refractivity contribution < 1.29 is 23.5 Å². The maximum atomic E-state index is 11.3. The fourth-order valence-corrected chi connectivity index (χ4v) is 2.00. The smallest absolute Gasteiger partial charge is 0.501 e. The van der Waals surface area contributed by atoms with E-state index in [2.05, 4.69) is 4.74 Å². The standard InChI is InChI=1S/C16H16BCl2NO5/c18-12-1-5-14(6-2-12)24-17(23-10-9-16(21)22-11-20)25-15-7-3-13(19)4-8-15/h1-8H,9-11,20H2. The molecule has 132 valence electrons. The van der Waals surface area contributed by atoms with Gasteiger partial charge in [0.1, 0.15) is 18.2 Å². The van der Waals surface area contributed by atoms with E-state index in [1.807, 2.05) is 0 Å². The minimum atomic E-state index is -1.08. The lowest BCUT2D eigenvalue weighted by molar-refractivity contribution is -0.144. The van der Waals surface area contributed by atoms with Gasteiger partial charge in [0, 0.05) is 16.7 Å². The molecule has 0 aliphatic heterocycles. The summed E-state index contributed by atoms with van der Waals surface area (Å²) < 4.78 is 21.4. The predicted molar refractivity (Wildman–Crippen MR) is 95.6 cm³/mol. The average molecular weight is 384 g/mol. The van der Waals surface area contributed by atoms with Crippen molar-refractivity contribution in [3.8, 4) is 11.5 Å². The number of hydrogen-bond acceptors (Lipinski definition) is 6. The number of carbonyl (C=O) groups excluding carboxylic acids is 1. The second-order valence-corrected chi connectivity index (χ2v) is 5.61. The molecule has 0 fully saturated rings. The molecule has 0 atom stereocenters. The lowest BCUT2D eigenvalue weighted by atomic mass is 10.2. The van der Waals surface area contributed by atoms with Crippen LogP contribution in [-0.2, 0) is 14.2 Å². The summed E-state index contributed by atoms with van der Waals surface area (Å²) >= 11 is 11.7. The van der Waals surface area contributed by atoms with Crippen LogP contribution in [-0.4, -0.2) is 26.6 Å². The molecule has 0 saturated carbocycles. The first-order valence-electron chi connectivity index (χ1n) is 7.38. The summed E-state index contributed by atoms with van der Waals surface area (Å²) in [6.45, 7) is -0.143. The minimum absolute atomic E-state index is 0.0155. The largest absolute Gasteiger partial charge is 0.788 e. The molecular weight excluding hydrogens is 368 g/mol. The van der Waals surface area contributed by atoms with Gasteiger partial charge in [-0.3, -0.25) is 10.5 Å². The van der Waals surface area contributed by atoms with Crippen LogP contribution in [0.15, 0.2) is 48.5 Å². The van der Waals surface area contributed by atoms with E-state index in [-0.39, 0.29) is 19.8 Å². The normalized spacial score (nSPS) is 10.2. The molecule has 0 amide bonds. The van der Waals surface area contributed by atoms with E-state index in [1.165, 1.54) is 0 Å². The number of carbonyl (C=O) groups is 1. The first-order valence-corrected chi connectivity index (χ1v) is 8.14. The van der Waals surface area contributed by atoms with Gasteiger partial charge in [0.15, 0.2) is 0 Å². The van der Waals surface area contributed by atoms with Crippen LogP contribution in [0.3, 0.4) is 0 Å². The van der Waals surface area contributed by atoms with Gasteiger partial charge < -0.3 is 18.7 Å². The molecular formula is C16H16BCl2NO5. The Balaban J connectivity index is 1.97. The maximum Gasteiger partial charge on any atom is 0.788 e. The SMILES string of the molecule is NCOC(=O)CCOB(Oc1ccc(Cl)cc1)Oc1ccc(Cl)cc1. The third-order valence-corrected chi connectivity index (χ3v) is 3.40. The predicted octanol–water partition coefficient (Wildman–Crippen LogP) is 3.30. The number of ether oxygens (including phenoxy) is 1. The van der Waals surface area contributed by atoms with E-state index in [9.17, 15) is 4.79 Å². The first kappa shape index (κ1) is 19.4. The zero-order valence-corrected chi connectivity index (χ0v) is 14.7. The van der Waals surface area contributed by atoms with Crippen molar-refractivity contribution in [2.45, 2.75) is 6.42 Å².